The second kappa shape index (κ2) is 5.32. The molecule has 0 saturated carbocycles. The van der Waals surface area contributed by atoms with Gasteiger partial charge in [-0.2, -0.15) is 16.8 Å². The molecule has 8 heteroatoms. The molecule has 0 saturated heterocycles. The van der Waals surface area contributed by atoms with Crippen LogP contribution >= 0.6 is 0 Å². The van der Waals surface area contributed by atoms with Crippen LogP contribution in [0.15, 0.2) is 12.3 Å². The maximum atomic E-state index is 10.4. The number of rotatable bonds is 6. The second-order valence-electron chi connectivity index (χ2n) is 2.49. The van der Waals surface area contributed by atoms with E-state index in [1.807, 2.05) is 0 Å². The molecule has 0 N–H and O–H groups in total. The lowest BCUT2D eigenvalue weighted by Crippen LogP contribution is -2.03. The molecule has 0 unspecified atom stereocenters. The zero-order valence-electron chi connectivity index (χ0n) is 7.83. The normalized spacial score (nSPS) is 13.3. The highest BCUT2D eigenvalue weighted by atomic mass is 32.2. The second-order valence-corrected chi connectivity index (χ2v) is 5.73. The Bertz CT molecular complexity index is 377. The maximum Gasteiger partial charge on any atom is 0.305 e. The summed E-state index contributed by atoms with van der Waals surface area (Å²) in [5.41, 5.74) is 0. The van der Waals surface area contributed by atoms with Crippen LogP contribution in [0.4, 0.5) is 0 Å². The molecule has 0 rings (SSSR count). The van der Waals surface area contributed by atoms with Gasteiger partial charge in [0.25, 0.3) is 10.1 Å². The van der Waals surface area contributed by atoms with E-state index in [0.29, 0.717) is 0 Å². The third-order valence-corrected chi connectivity index (χ3v) is 1.96. The van der Waals surface area contributed by atoms with Gasteiger partial charge >= 0.3 is 10.1 Å². The average Bonchev–Trinajstić information content (AvgIpc) is 1.92. The Kier molecular flexibility index (Phi) is 5.09. The van der Waals surface area contributed by atoms with Crippen molar-refractivity contribution in [1.29, 1.82) is 0 Å². The van der Waals surface area contributed by atoms with Crippen molar-refractivity contribution in [2.24, 2.45) is 0 Å². The Morgan fingerprint density at radius 1 is 1.07 bits per heavy atom. The zero-order chi connectivity index (χ0) is 11.2. The molecule has 0 fully saturated rings. The SMILES string of the molecule is CS(=O)(=O)OC=CCCOS(C)(=O)=O. The minimum atomic E-state index is -3.49. The van der Waals surface area contributed by atoms with Gasteiger partial charge in [-0.1, -0.05) is 0 Å². The molecule has 0 bridgehead atoms. The fraction of sp³-hybridized carbons (Fsp3) is 0.667. The molecule has 0 spiro atoms. The van der Waals surface area contributed by atoms with Crippen molar-refractivity contribution in [3.8, 4) is 0 Å². The predicted octanol–water partition coefficient (Wildman–Crippen LogP) is -0.157. The Morgan fingerprint density at radius 3 is 2.07 bits per heavy atom. The summed E-state index contributed by atoms with van der Waals surface area (Å²) in [7, 11) is -6.92. The van der Waals surface area contributed by atoms with Crippen LogP contribution in [0.2, 0.25) is 0 Å². The Morgan fingerprint density at radius 2 is 1.64 bits per heavy atom. The van der Waals surface area contributed by atoms with Crippen molar-refractivity contribution >= 4 is 20.2 Å². The van der Waals surface area contributed by atoms with Crippen molar-refractivity contribution in [3.63, 3.8) is 0 Å². The molecule has 0 aliphatic carbocycles. The summed E-state index contributed by atoms with van der Waals surface area (Å²) in [6.45, 7) is -0.0392. The fourth-order valence-electron chi connectivity index (χ4n) is 0.476. The molecule has 0 amide bonds. The molecule has 84 valence electrons. The molecule has 0 radical (unpaired) electrons. The van der Waals surface area contributed by atoms with Crippen LogP contribution in [0.25, 0.3) is 0 Å². The molecule has 0 aromatic heterocycles. The molecule has 0 aromatic carbocycles. The molecule has 0 atom stereocenters. The third kappa shape index (κ3) is 11.4. The van der Waals surface area contributed by atoms with E-state index in [2.05, 4.69) is 8.37 Å². The molecule has 0 aliphatic rings. The maximum absolute atomic E-state index is 10.4. The average molecular weight is 244 g/mol. The van der Waals surface area contributed by atoms with Crippen molar-refractivity contribution in [1.82, 2.24) is 0 Å². The van der Waals surface area contributed by atoms with E-state index in [1.165, 1.54) is 6.08 Å². The Balaban J connectivity index is 3.66. The first-order chi connectivity index (χ1) is 6.21. The Hall–Kier alpha value is -0.600. The summed E-state index contributed by atoms with van der Waals surface area (Å²) in [6.07, 6.45) is 4.42. The van der Waals surface area contributed by atoms with E-state index in [1.54, 1.807) is 0 Å². The van der Waals surface area contributed by atoms with Crippen LogP contribution < -0.4 is 0 Å². The van der Waals surface area contributed by atoms with Crippen LogP contribution in [0.1, 0.15) is 6.42 Å². The minimum Gasteiger partial charge on any atom is -0.391 e. The molecule has 0 aromatic rings. The van der Waals surface area contributed by atoms with E-state index in [9.17, 15) is 16.8 Å². The van der Waals surface area contributed by atoms with Gasteiger partial charge in [-0.15, -0.1) is 0 Å². The highest BCUT2D eigenvalue weighted by Crippen LogP contribution is 1.93. The molecular formula is C6H12O6S2. The van der Waals surface area contributed by atoms with Gasteiger partial charge < -0.3 is 4.18 Å². The molecule has 0 heterocycles. The van der Waals surface area contributed by atoms with Crippen molar-refractivity contribution in [2.45, 2.75) is 6.42 Å². The van der Waals surface area contributed by atoms with Crippen LogP contribution in [0, 0.1) is 0 Å². The van der Waals surface area contributed by atoms with Gasteiger partial charge in [0.15, 0.2) is 0 Å². The van der Waals surface area contributed by atoms with Crippen molar-refractivity contribution in [2.75, 3.05) is 19.1 Å². The number of hydrogen-bond donors (Lipinski definition) is 0. The summed E-state index contributed by atoms with van der Waals surface area (Å²) in [5.74, 6) is 0. The smallest absolute Gasteiger partial charge is 0.305 e. The molecule has 14 heavy (non-hydrogen) atoms. The first-order valence-electron chi connectivity index (χ1n) is 3.58. The van der Waals surface area contributed by atoms with Gasteiger partial charge in [-0.3, -0.25) is 4.18 Å². The molecule has 6 nitrogen and oxygen atoms in total. The first kappa shape index (κ1) is 13.4. The van der Waals surface area contributed by atoms with Gasteiger partial charge in [0.2, 0.25) is 0 Å². The van der Waals surface area contributed by atoms with E-state index in [4.69, 9.17) is 0 Å². The predicted molar refractivity (Wildman–Crippen MR) is 50.5 cm³/mol. The van der Waals surface area contributed by atoms with Gasteiger partial charge in [0.05, 0.1) is 19.1 Å². The number of hydrogen-bond acceptors (Lipinski definition) is 6. The van der Waals surface area contributed by atoms with Gasteiger partial charge in [-0.05, 0) is 12.5 Å². The molecule has 0 aliphatic heterocycles. The highest BCUT2D eigenvalue weighted by Gasteiger charge is 1.99. The summed E-state index contributed by atoms with van der Waals surface area (Å²) < 4.78 is 50.4. The third-order valence-electron chi connectivity index (χ3n) is 0.909. The topological polar surface area (TPSA) is 86.7 Å². The van der Waals surface area contributed by atoms with Gasteiger partial charge in [0, 0.05) is 0 Å². The van der Waals surface area contributed by atoms with Crippen molar-refractivity contribution in [3.05, 3.63) is 12.3 Å². The monoisotopic (exact) mass is 244 g/mol. The lowest BCUT2D eigenvalue weighted by atomic mass is 10.5. The van der Waals surface area contributed by atoms with Crippen LogP contribution in [0.3, 0.4) is 0 Å². The fourth-order valence-corrected chi connectivity index (χ4v) is 1.16. The Labute approximate surface area is 83.8 Å². The van der Waals surface area contributed by atoms with Crippen molar-refractivity contribution < 1.29 is 25.2 Å². The van der Waals surface area contributed by atoms with Gasteiger partial charge in [0.1, 0.15) is 6.26 Å². The van der Waals surface area contributed by atoms with E-state index < -0.39 is 20.2 Å². The summed E-state index contributed by atoms with van der Waals surface area (Å²) in [5, 5.41) is 0. The highest BCUT2D eigenvalue weighted by molar-refractivity contribution is 7.86. The summed E-state index contributed by atoms with van der Waals surface area (Å²) in [6, 6.07) is 0. The van der Waals surface area contributed by atoms with E-state index in [-0.39, 0.29) is 13.0 Å². The molecular weight excluding hydrogens is 232 g/mol. The lowest BCUT2D eigenvalue weighted by Gasteiger charge is -1.97. The lowest BCUT2D eigenvalue weighted by molar-refractivity contribution is 0.327. The zero-order valence-corrected chi connectivity index (χ0v) is 9.47. The summed E-state index contributed by atoms with van der Waals surface area (Å²) in [4.78, 5) is 0. The largest absolute Gasteiger partial charge is 0.391 e. The summed E-state index contributed by atoms with van der Waals surface area (Å²) >= 11 is 0. The quantitative estimate of drug-likeness (QED) is 0.366. The van der Waals surface area contributed by atoms with Gasteiger partial charge in [-0.25, -0.2) is 0 Å². The first-order valence-corrected chi connectivity index (χ1v) is 7.22. The van der Waals surface area contributed by atoms with Crippen LogP contribution in [-0.4, -0.2) is 36.0 Å². The van der Waals surface area contributed by atoms with E-state index in [0.717, 1.165) is 18.8 Å². The van der Waals surface area contributed by atoms with Crippen LogP contribution in [0.5, 0.6) is 0 Å². The standard InChI is InChI=1S/C6H12O6S2/c1-13(7,8)11-5-3-4-6-12-14(2,9)10/h3,5H,4,6H2,1-2H3. The minimum absolute atomic E-state index is 0.0392. The van der Waals surface area contributed by atoms with Crippen LogP contribution in [-0.2, 0) is 28.6 Å². The van der Waals surface area contributed by atoms with E-state index >= 15 is 0 Å².